The number of nitrogens with one attached hydrogen (secondary N) is 1. The first-order valence-corrected chi connectivity index (χ1v) is 9.56. The molecule has 152 valence electrons. The molecule has 6 nitrogen and oxygen atoms in total. The molecule has 0 saturated carbocycles. The topological polar surface area (TPSA) is 84.6 Å². The number of aliphatic hydroxyl groups is 1. The standard InChI is InChI=1S/C21H27FN2O4/c1-21(2,3)19-11-15(24-28-19)10-16-7-8-17(25)18(27-16)12-23-20(26)13-5-4-6-14(22)9-13/h4-6,9,11,16-18,25H,7-8,10,12H2,1-3H3,(H,23,26)/t16-,17-,18+/m0/s1. The zero-order valence-electron chi connectivity index (χ0n) is 16.4. The van der Waals surface area contributed by atoms with Gasteiger partial charge in [-0.1, -0.05) is 32.0 Å². The Morgan fingerprint density at radius 3 is 2.79 bits per heavy atom. The van der Waals surface area contributed by atoms with Crippen LogP contribution in [-0.4, -0.2) is 41.0 Å². The number of hydrogen-bond donors (Lipinski definition) is 2. The van der Waals surface area contributed by atoms with Gasteiger partial charge in [0.1, 0.15) is 17.7 Å². The summed E-state index contributed by atoms with van der Waals surface area (Å²) in [5.41, 5.74) is 0.937. The number of nitrogens with zero attached hydrogens (tertiary/aromatic N) is 1. The van der Waals surface area contributed by atoms with Gasteiger partial charge < -0.3 is 19.7 Å². The van der Waals surface area contributed by atoms with Crippen LogP contribution in [0.5, 0.6) is 0 Å². The van der Waals surface area contributed by atoms with Gasteiger partial charge in [-0.05, 0) is 31.0 Å². The van der Waals surface area contributed by atoms with Crippen LogP contribution in [0, 0.1) is 5.82 Å². The first-order chi connectivity index (χ1) is 13.2. The Balaban J connectivity index is 1.55. The summed E-state index contributed by atoms with van der Waals surface area (Å²) in [6.45, 7) is 6.32. The molecule has 0 aliphatic carbocycles. The van der Waals surface area contributed by atoms with Gasteiger partial charge in [-0.15, -0.1) is 0 Å². The fourth-order valence-electron chi connectivity index (χ4n) is 3.20. The Morgan fingerprint density at radius 1 is 1.32 bits per heavy atom. The zero-order valence-corrected chi connectivity index (χ0v) is 16.4. The van der Waals surface area contributed by atoms with Crippen LogP contribution in [0.15, 0.2) is 34.9 Å². The van der Waals surface area contributed by atoms with Crippen molar-refractivity contribution >= 4 is 5.91 Å². The Morgan fingerprint density at radius 2 is 2.11 bits per heavy atom. The van der Waals surface area contributed by atoms with Gasteiger partial charge in [-0.25, -0.2) is 4.39 Å². The number of halogens is 1. The number of benzene rings is 1. The Labute approximate surface area is 164 Å². The molecule has 1 aliphatic rings. The van der Waals surface area contributed by atoms with Crippen LogP contribution >= 0.6 is 0 Å². The average Bonchev–Trinajstić information content (AvgIpc) is 3.11. The van der Waals surface area contributed by atoms with Crippen molar-refractivity contribution in [2.24, 2.45) is 0 Å². The number of aromatic nitrogens is 1. The first kappa shape index (κ1) is 20.5. The number of hydrogen-bond acceptors (Lipinski definition) is 5. The molecule has 2 aromatic rings. The largest absolute Gasteiger partial charge is 0.390 e. The summed E-state index contributed by atoms with van der Waals surface area (Å²) in [5.74, 6) is -0.0510. The van der Waals surface area contributed by atoms with Gasteiger partial charge in [0, 0.05) is 30.0 Å². The molecule has 1 aliphatic heterocycles. The quantitative estimate of drug-likeness (QED) is 0.820. The number of amides is 1. The lowest BCUT2D eigenvalue weighted by Gasteiger charge is -2.33. The summed E-state index contributed by atoms with van der Waals surface area (Å²) < 4.78 is 24.7. The molecule has 1 aromatic heterocycles. The molecular formula is C21H27FN2O4. The molecule has 1 aromatic carbocycles. The van der Waals surface area contributed by atoms with E-state index in [2.05, 4.69) is 31.2 Å². The van der Waals surface area contributed by atoms with E-state index in [1.165, 1.54) is 24.3 Å². The first-order valence-electron chi connectivity index (χ1n) is 9.56. The maximum Gasteiger partial charge on any atom is 0.251 e. The summed E-state index contributed by atoms with van der Waals surface area (Å²) in [5, 5.41) is 17.1. The minimum atomic E-state index is -0.661. The Kier molecular flexibility index (Phi) is 6.15. The number of ether oxygens (including phenoxy) is 1. The highest BCUT2D eigenvalue weighted by Crippen LogP contribution is 2.26. The highest BCUT2D eigenvalue weighted by Gasteiger charge is 2.31. The van der Waals surface area contributed by atoms with E-state index in [1.807, 2.05) is 6.07 Å². The third kappa shape index (κ3) is 5.17. The highest BCUT2D eigenvalue weighted by atomic mass is 19.1. The molecule has 0 bridgehead atoms. The molecule has 0 spiro atoms. The molecule has 3 atom stereocenters. The monoisotopic (exact) mass is 390 g/mol. The molecule has 0 unspecified atom stereocenters. The van der Waals surface area contributed by atoms with Crippen molar-refractivity contribution in [3.8, 4) is 0 Å². The van der Waals surface area contributed by atoms with E-state index in [4.69, 9.17) is 9.26 Å². The van der Waals surface area contributed by atoms with Gasteiger partial charge >= 0.3 is 0 Å². The van der Waals surface area contributed by atoms with Crippen molar-refractivity contribution < 1.29 is 23.6 Å². The molecule has 0 radical (unpaired) electrons. The second-order valence-electron chi connectivity index (χ2n) is 8.30. The highest BCUT2D eigenvalue weighted by molar-refractivity contribution is 5.94. The normalized spacial score (nSPS) is 22.8. The summed E-state index contributed by atoms with van der Waals surface area (Å²) in [7, 11) is 0. The second-order valence-corrected chi connectivity index (χ2v) is 8.30. The summed E-state index contributed by atoms with van der Waals surface area (Å²) >= 11 is 0. The number of carbonyl (C=O) groups is 1. The van der Waals surface area contributed by atoms with Crippen LogP contribution in [0.2, 0.25) is 0 Å². The smallest absolute Gasteiger partial charge is 0.251 e. The Bertz CT molecular complexity index is 815. The minimum absolute atomic E-state index is 0.113. The maximum absolute atomic E-state index is 13.3. The molecule has 7 heteroatoms. The molecular weight excluding hydrogens is 363 g/mol. The predicted octanol–water partition coefficient (Wildman–Crippen LogP) is 2.99. The minimum Gasteiger partial charge on any atom is -0.390 e. The van der Waals surface area contributed by atoms with Gasteiger partial charge in [0.15, 0.2) is 0 Å². The van der Waals surface area contributed by atoms with Crippen LogP contribution in [0.1, 0.15) is 55.4 Å². The second kappa shape index (κ2) is 8.41. The van der Waals surface area contributed by atoms with E-state index in [-0.39, 0.29) is 23.6 Å². The molecule has 1 amide bonds. The lowest BCUT2D eigenvalue weighted by molar-refractivity contribution is -0.114. The van der Waals surface area contributed by atoms with Crippen LogP contribution in [0.3, 0.4) is 0 Å². The molecule has 28 heavy (non-hydrogen) atoms. The lowest BCUT2D eigenvalue weighted by Crippen LogP contribution is -2.46. The number of carbonyl (C=O) groups excluding carboxylic acids is 1. The molecule has 1 saturated heterocycles. The van der Waals surface area contributed by atoms with E-state index >= 15 is 0 Å². The fraction of sp³-hybridized carbons (Fsp3) is 0.524. The van der Waals surface area contributed by atoms with E-state index in [0.29, 0.717) is 19.3 Å². The molecule has 2 heterocycles. The third-order valence-corrected chi connectivity index (χ3v) is 4.87. The van der Waals surface area contributed by atoms with Crippen LogP contribution in [-0.2, 0) is 16.6 Å². The number of rotatable bonds is 5. The van der Waals surface area contributed by atoms with Crippen molar-refractivity contribution in [1.82, 2.24) is 10.5 Å². The van der Waals surface area contributed by atoms with Crippen molar-refractivity contribution in [3.63, 3.8) is 0 Å². The fourth-order valence-corrected chi connectivity index (χ4v) is 3.20. The van der Waals surface area contributed by atoms with Crippen molar-refractivity contribution in [2.75, 3.05) is 6.54 Å². The van der Waals surface area contributed by atoms with Gasteiger partial charge in [-0.3, -0.25) is 4.79 Å². The van der Waals surface area contributed by atoms with E-state index in [0.717, 1.165) is 11.5 Å². The zero-order chi connectivity index (χ0) is 20.3. The van der Waals surface area contributed by atoms with Crippen LogP contribution < -0.4 is 5.32 Å². The predicted molar refractivity (Wildman–Crippen MR) is 102 cm³/mol. The molecule has 3 rings (SSSR count). The SMILES string of the molecule is CC(C)(C)c1cc(C[C@@H]2CC[C@H](O)[C@@H](CNC(=O)c3cccc(F)c3)O2)no1. The molecule has 1 fully saturated rings. The van der Waals surface area contributed by atoms with Crippen LogP contribution in [0.25, 0.3) is 0 Å². The van der Waals surface area contributed by atoms with E-state index in [9.17, 15) is 14.3 Å². The van der Waals surface area contributed by atoms with Crippen molar-refractivity contribution in [1.29, 1.82) is 0 Å². The average molecular weight is 390 g/mol. The third-order valence-electron chi connectivity index (χ3n) is 4.87. The maximum atomic E-state index is 13.3. The summed E-state index contributed by atoms with van der Waals surface area (Å²) in [6.07, 6.45) is 0.567. The van der Waals surface area contributed by atoms with Crippen LogP contribution in [0.4, 0.5) is 4.39 Å². The van der Waals surface area contributed by atoms with Crippen molar-refractivity contribution in [2.45, 2.75) is 63.8 Å². The number of aliphatic hydroxyl groups excluding tert-OH is 1. The lowest BCUT2D eigenvalue weighted by atomic mass is 9.92. The van der Waals surface area contributed by atoms with Gasteiger partial charge in [0.2, 0.25) is 0 Å². The van der Waals surface area contributed by atoms with Gasteiger partial charge in [0.25, 0.3) is 5.91 Å². The summed E-state index contributed by atoms with van der Waals surface area (Å²) in [6, 6.07) is 7.42. The van der Waals surface area contributed by atoms with Crippen molar-refractivity contribution in [3.05, 3.63) is 53.2 Å². The molecule has 2 N–H and O–H groups in total. The Hall–Kier alpha value is -2.25. The van der Waals surface area contributed by atoms with E-state index < -0.39 is 23.9 Å². The van der Waals surface area contributed by atoms with Gasteiger partial charge in [-0.2, -0.15) is 0 Å². The van der Waals surface area contributed by atoms with Gasteiger partial charge in [0.05, 0.1) is 17.9 Å². The summed E-state index contributed by atoms with van der Waals surface area (Å²) in [4.78, 5) is 12.2. The van der Waals surface area contributed by atoms with E-state index in [1.54, 1.807) is 0 Å².